The molecule has 0 fully saturated rings. The number of rotatable bonds is 11. The van der Waals surface area contributed by atoms with Gasteiger partial charge < -0.3 is 16.0 Å². The lowest BCUT2D eigenvalue weighted by Crippen LogP contribution is -2.42. The van der Waals surface area contributed by atoms with Crippen LogP contribution in [0.2, 0.25) is 10.0 Å². The van der Waals surface area contributed by atoms with E-state index in [2.05, 4.69) is 26.3 Å². The van der Waals surface area contributed by atoms with Crippen molar-refractivity contribution in [1.29, 1.82) is 0 Å². The molecule has 1 heterocycles. The minimum atomic E-state index is -3.84. The first kappa shape index (κ1) is 26.0. The van der Waals surface area contributed by atoms with Crippen LogP contribution in [0.1, 0.15) is 11.1 Å². The fourth-order valence-electron chi connectivity index (χ4n) is 3.22. The molecule has 12 heteroatoms. The van der Waals surface area contributed by atoms with E-state index in [4.69, 9.17) is 23.2 Å². The van der Waals surface area contributed by atoms with Crippen molar-refractivity contribution in [3.63, 3.8) is 0 Å². The van der Waals surface area contributed by atoms with Crippen molar-refractivity contribution in [3.05, 3.63) is 63.6 Å². The number of aliphatic imine (C=N–C) groups is 1. The van der Waals surface area contributed by atoms with E-state index in [9.17, 15) is 18.0 Å². The van der Waals surface area contributed by atoms with Gasteiger partial charge in [0.2, 0.25) is 11.8 Å². The summed E-state index contributed by atoms with van der Waals surface area (Å²) in [6, 6.07) is 12.3. The summed E-state index contributed by atoms with van der Waals surface area (Å²) in [4.78, 5) is 28.1. The number of nitrogens with one attached hydrogen (secondary N) is 4. The summed E-state index contributed by atoms with van der Waals surface area (Å²) in [5.41, 5.74) is 2.10. The number of carbonyl (C=O) groups is 2. The molecule has 2 aromatic rings. The van der Waals surface area contributed by atoms with Crippen LogP contribution in [-0.4, -0.2) is 64.7 Å². The highest BCUT2D eigenvalue weighted by Crippen LogP contribution is 2.29. The lowest BCUT2D eigenvalue weighted by atomic mass is 10.1. The quantitative estimate of drug-likeness (QED) is 0.348. The number of amides is 2. The van der Waals surface area contributed by atoms with Crippen molar-refractivity contribution in [3.8, 4) is 0 Å². The molecule has 0 bridgehead atoms. The highest BCUT2D eigenvalue weighted by Gasteiger charge is 2.21. The number of nitrogens with zero attached hydrogens (tertiary/aromatic N) is 1. The van der Waals surface area contributed by atoms with Crippen molar-refractivity contribution >= 4 is 50.7 Å². The van der Waals surface area contributed by atoms with E-state index in [0.29, 0.717) is 13.0 Å². The van der Waals surface area contributed by atoms with Gasteiger partial charge in [-0.25, -0.2) is 8.42 Å². The Morgan fingerprint density at radius 2 is 1.65 bits per heavy atom. The summed E-state index contributed by atoms with van der Waals surface area (Å²) in [6.07, 6.45) is 0.643. The van der Waals surface area contributed by atoms with Gasteiger partial charge in [0, 0.05) is 18.7 Å². The summed E-state index contributed by atoms with van der Waals surface area (Å²) in [5.74, 6) is -0.493. The molecule has 0 aromatic heterocycles. The van der Waals surface area contributed by atoms with Crippen LogP contribution in [0.4, 0.5) is 0 Å². The molecule has 182 valence electrons. The Bertz CT molecular complexity index is 1150. The van der Waals surface area contributed by atoms with E-state index >= 15 is 0 Å². The maximum atomic E-state index is 12.4. The largest absolute Gasteiger partial charge is 0.368 e. The zero-order valence-corrected chi connectivity index (χ0v) is 20.6. The fraction of sp³-hybridized carbons (Fsp3) is 0.318. The first-order valence-electron chi connectivity index (χ1n) is 10.5. The molecule has 0 spiro atoms. The van der Waals surface area contributed by atoms with E-state index in [-0.39, 0.29) is 33.9 Å². The van der Waals surface area contributed by atoms with E-state index < -0.39 is 21.6 Å². The van der Waals surface area contributed by atoms with Gasteiger partial charge in [0.15, 0.2) is 9.84 Å². The average Bonchev–Trinajstić information content (AvgIpc) is 3.33. The molecule has 1 aliphatic heterocycles. The van der Waals surface area contributed by atoms with Crippen LogP contribution in [-0.2, 0) is 25.8 Å². The molecule has 2 aromatic carbocycles. The molecule has 3 rings (SSSR count). The second-order valence-electron chi connectivity index (χ2n) is 7.47. The lowest BCUT2D eigenvalue weighted by Gasteiger charge is -2.10. The predicted octanol–water partition coefficient (Wildman–Crippen LogP) is 1.14. The van der Waals surface area contributed by atoms with Gasteiger partial charge in [0.25, 0.3) is 0 Å². The molecular formula is C22H25Cl2N5O4S. The lowest BCUT2D eigenvalue weighted by molar-refractivity contribution is -0.125. The predicted molar refractivity (Wildman–Crippen MR) is 132 cm³/mol. The molecule has 4 N–H and O–H groups in total. The summed E-state index contributed by atoms with van der Waals surface area (Å²) in [7, 11) is -3.84. The minimum absolute atomic E-state index is 0.00610. The molecule has 0 aliphatic carbocycles. The Labute approximate surface area is 208 Å². The maximum absolute atomic E-state index is 12.4. The van der Waals surface area contributed by atoms with Gasteiger partial charge in [-0.3, -0.25) is 19.9 Å². The van der Waals surface area contributed by atoms with Gasteiger partial charge >= 0.3 is 0 Å². The Balaban J connectivity index is 1.33. The van der Waals surface area contributed by atoms with Crippen molar-refractivity contribution in [2.75, 3.05) is 38.6 Å². The van der Waals surface area contributed by atoms with Gasteiger partial charge in [0.1, 0.15) is 16.6 Å². The number of halogens is 2. The summed E-state index contributed by atoms with van der Waals surface area (Å²) >= 11 is 11.9. The number of hydrogen-bond acceptors (Lipinski definition) is 7. The van der Waals surface area contributed by atoms with Crippen LogP contribution in [0.25, 0.3) is 0 Å². The number of hydrogen-bond donors (Lipinski definition) is 4. The van der Waals surface area contributed by atoms with Crippen molar-refractivity contribution in [2.24, 2.45) is 4.99 Å². The van der Waals surface area contributed by atoms with Crippen LogP contribution in [0, 0.1) is 0 Å². The summed E-state index contributed by atoms with van der Waals surface area (Å²) < 4.78 is 24.8. The molecule has 0 saturated carbocycles. The minimum Gasteiger partial charge on any atom is -0.368 e. The topological polar surface area (TPSA) is 129 Å². The van der Waals surface area contributed by atoms with Crippen LogP contribution in [0.15, 0.2) is 52.4 Å². The monoisotopic (exact) mass is 525 g/mol. The Kier molecular flexibility index (Phi) is 9.28. The Morgan fingerprint density at radius 3 is 2.29 bits per heavy atom. The number of sulfone groups is 1. The van der Waals surface area contributed by atoms with Gasteiger partial charge in [-0.05, 0) is 24.1 Å². The zero-order chi connectivity index (χ0) is 24.6. The number of amidine groups is 1. The van der Waals surface area contributed by atoms with Crippen LogP contribution >= 0.6 is 23.2 Å². The average molecular weight is 526 g/mol. The third-order valence-corrected chi connectivity index (χ3v) is 7.39. The molecule has 0 radical (unpaired) electrons. The van der Waals surface area contributed by atoms with Gasteiger partial charge in [0.05, 0.1) is 29.7 Å². The van der Waals surface area contributed by atoms with Crippen LogP contribution < -0.4 is 21.3 Å². The van der Waals surface area contributed by atoms with E-state index in [1.165, 1.54) is 18.2 Å². The van der Waals surface area contributed by atoms with Gasteiger partial charge in [-0.15, -0.1) is 0 Å². The Morgan fingerprint density at radius 1 is 0.971 bits per heavy atom. The van der Waals surface area contributed by atoms with E-state index in [1.807, 2.05) is 24.3 Å². The zero-order valence-electron chi connectivity index (χ0n) is 18.2. The highest BCUT2D eigenvalue weighted by atomic mass is 35.5. The molecule has 9 nitrogen and oxygen atoms in total. The molecule has 0 unspecified atom stereocenters. The normalized spacial score (nSPS) is 13.2. The number of carbonyl (C=O) groups excluding carboxylic acids is 2. The molecule has 34 heavy (non-hydrogen) atoms. The molecule has 0 atom stereocenters. The third-order valence-electron chi connectivity index (χ3n) is 4.89. The van der Waals surface area contributed by atoms with Crippen molar-refractivity contribution < 1.29 is 18.0 Å². The van der Waals surface area contributed by atoms with Crippen molar-refractivity contribution in [2.45, 2.75) is 11.3 Å². The third kappa shape index (κ3) is 7.42. The maximum Gasteiger partial charge on any atom is 0.239 e. The summed E-state index contributed by atoms with van der Waals surface area (Å²) in [6.45, 7) is 1.55. The molecular weight excluding hydrogens is 501 g/mol. The van der Waals surface area contributed by atoms with Crippen LogP contribution in [0.5, 0.6) is 0 Å². The molecule has 2 amide bonds. The molecule has 1 aliphatic rings. The Hall–Kier alpha value is -2.66. The van der Waals surface area contributed by atoms with Gasteiger partial charge in [-0.2, -0.15) is 0 Å². The highest BCUT2D eigenvalue weighted by molar-refractivity contribution is 7.91. The SMILES string of the molecule is O=C(CNCS(=O)(=O)c1c(Cl)cccc1Cl)NCC(=O)NCCc1ccc(C2=NCCN2)cc1. The van der Waals surface area contributed by atoms with Gasteiger partial charge in [-0.1, -0.05) is 53.5 Å². The second-order valence-corrected chi connectivity index (χ2v) is 10.2. The van der Waals surface area contributed by atoms with Crippen LogP contribution in [0.3, 0.4) is 0 Å². The standard InChI is InChI=1S/C22H25Cl2N5O4S/c23-17-2-1-3-18(24)21(17)34(32,33)14-25-12-19(30)29-13-20(31)26-9-8-15-4-6-16(7-5-15)22-27-10-11-28-22/h1-7,25H,8-14H2,(H,26,31)(H,27,28)(H,29,30). The van der Waals surface area contributed by atoms with Crippen molar-refractivity contribution in [1.82, 2.24) is 21.3 Å². The smallest absolute Gasteiger partial charge is 0.239 e. The number of benzene rings is 2. The van der Waals surface area contributed by atoms with E-state index in [1.54, 1.807) is 0 Å². The second kappa shape index (κ2) is 12.2. The van der Waals surface area contributed by atoms with E-state index in [0.717, 1.165) is 30.1 Å². The molecule has 0 saturated heterocycles. The first-order chi connectivity index (χ1) is 16.3. The first-order valence-corrected chi connectivity index (χ1v) is 13.0. The summed E-state index contributed by atoms with van der Waals surface area (Å²) in [5, 5.41) is 10.9. The fourth-order valence-corrected chi connectivity index (χ4v) is 5.57.